The highest BCUT2D eigenvalue weighted by molar-refractivity contribution is 6.32. The highest BCUT2D eigenvalue weighted by Crippen LogP contribution is 2.41. The van der Waals surface area contributed by atoms with Crippen LogP contribution in [-0.4, -0.2) is 32.3 Å². The van der Waals surface area contributed by atoms with Crippen LogP contribution in [0, 0.1) is 5.92 Å². The molecule has 7 nitrogen and oxygen atoms in total. The second kappa shape index (κ2) is 8.80. The van der Waals surface area contributed by atoms with Gasteiger partial charge in [-0.05, 0) is 31.0 Å². The van der Waals surface area contributed by atoms with Crippen molar-refractivity contribution in [2.75, 3.05) is 20.3 Å². The van der Waals surface area contributed by atoms with Crippen LogP contribution in [-0.2, 0) is 9.53 Å². The molecule has 0 radical (unpaired) electrons. The monoisotopic (exact) mass is 382 g/mol. The lowest BCUT2D eigenvalue weighted by atomic mass is 9.89. The Bertz CT molecular complexity index is 707. The molecule has 2 N–H and O–H groups in total. The third-order valence-corrected chi connectivity index (χ3v) is 4.15. The standard InChI is InChI=1S/C18H23ClN2O5/c1-5-7-26-16-12(19)8-11(9-13(16)25-6-2)15-14(17(22)24-4)10(3)20-18(23)21-15/h8-9,14-15H,3,5-7H2,1-2,4H3,(H2,20,21,23)/t14-,15+/m1/s1. The topological polar surface area (TPSA) is 85.9 Å². The Hall–Kier alpha value is -2.41. The van der Waals surface area contributed by atoms with Crippen molar-refractivity contribution in [2.24, 2.45) is 5.92 Å². The quantitative estimate of drug-likeness (QED) is 0.707. The molecule has 0 bridgehead atoms. The number of carbonyl (C=O) groups excluding carboxylic acids is 2. The number of ether oxygens (including phenoxy) is 3. The zero-order chi connectivity index (χ0) is 19.3. The van der Waals surface area contributed by atoms with Gasteiger partial charge in [0.05, 0.1) is 31.4 Å². The minimum atomic E-state index is -0.800. The molecule has 0 aromatic heterocycles. The van der Waals surface area contributed by atoms with Crippen molar-refractivity contribution in [2.45, 2.75) is 26.3 Å². The summed E-state index contributed by atoms with van der Waals surface area (Å²) < 4.78 is 16.2. The smallest absolute Gasteiger partial charge is 0.319 e. The Labute approximate surface area is 157 Å². The summed E-state index contributed by atoms with van der Waals surface area (Å²) in [7, 11) is 1.28. The molecule has 2 amide bonds. The Morgan fingerprint density at radius 3 is 2.65 bits per heavy atom. The molecule has 0 saturated carbocycles. The molecule has 1 aliphatic rings. The molecule has 0 aliphatic carbocycles. The van der Waals surface area contributed by atoms with Crippen molar-refractivity contribution in [1.82, 2.24) is 10.6 Å². The van der Waals surface area contributed by atoms with Crippen molar-refractivity contribution >= 4 is 23.6 Å². The molecular weight excluding hydrogens is 360 g/mol. The van der Waals surface area contributed by atoms with Crippen molar-refractivity contribution in [3.63, 3.8) is 0 Å². The molecule has 0 unspecified atom stereocenters. The Morgan fingerprint density at radius 2 is 2.04 bits per heavy atom. The Balaban J connectivity index is 2.48. The number of hydrogen-bond acceptors (Lipinski definition) is 5. The van der Waals surface area contributed by atoms with Crippen LogP contribution < -0.4 is 20.1 Å². The van der Waals surface area contributed by atoms with E-state index in [1.165, 1.54) is 7.11 Å². The van der Waals surface area contributed by atoms with Gasteiger partial charge in [-0.3, -0.25) is 4.79 Å². The average molecular weight is 383 g/mol. The molecule has 1 aromatic rings. The highest BCUT2D eigenvalue weighted by atomic mass is 35.5. The van der Waals surface area contributed by atoms with E-state index in [0.29, 0.717) is 35.3 Å². The molecule has 2 atom stereocenters. The molecule has 1 saturated heterocycles. The lowest BCUT2D eigenvalue weighted by Crippen LogP contribution is -2.51. The maximum atomic E-state index is 12.2. The van der Waals surface area contributed by atoms with Crippen molar-refractivity contribution in [1.29, 1.82) is 0 Å². The SMILES string of the molecule is C=C1NC(=O)N[C@@H](c2cc(Cl)c(OCCC)c(OCC)c2)[C@@H]1C(=O)OC. The molecular formula is C18H23ClN2O5. The van der Waals surface area contributed by atoms with Gasteiger partial charge in [0, 0.05) is 5.70 Å². The van der Waals surface area contributed by atoms with E-state index in [0.717, 1.165) is 6.42 Å². The molecule has 8 heteroatoms. The normalized spacial score (nSPS) is 19.4. The number of carbonyl (C=O) groups is 2. The molecule has 1 heterocycles. The number of rotatable bonds is 7. The predicted molar refractivity (Wildman–Crippen MR) is 97.5 cm³/mol. The zero-order valence-corrected chi connectivity index (χ0v) is 15.8. The molecule has 26 heavy (non-hydrogen) atoms. The number of nitrogens with one attached hydrogen (secondary N) is 2. The van der Waals surface area contributed by atoms with Gasteiger partial charge < -0.3 is 24.8 Å². The van der Waals surface area contributed by atoms with E-state index in [9.17, 15) is 9.59 Å². The van der Waals surface area contributed by atoms with E-state index >= 15 is 0 Å². The van der Waals surface area contributed by atoms with Crippen LogP contribution in [0.2, 0.25) is 5.02 Å². The lowest BCUT2D eigenvalue weighted by Gasteiger charge is -2.33. The van der Waals surface area contributed by atoms with Gasteiger partial charge >= 0.3 is 12.0 Å². The van der Waals surface area contributed by atoms with Gasteiger partial charge in [-0.2, -0.15) is 0 Å². The molecule has 1 aromatic carbocycles. The number of halogens is 1. The van der Waals surface area contributed by atoms with E-state index in [4.69, 9.17) is 25.8 Å². The zero-order valence-electron chi connectivity index (χ0n) is 15.1. The fourth-order valence-electron chi connectivity index (χ4n) is 2.74. The van der Waals surface area contributed by atoms with Gasteiger partial charge in [-0.25, -0.2) is 4.79 Å². The fourth-order valence-corrected chi connectivity index (χ4v) is 3.01. The van der Waals surface area contributed by atoms with E-state index in [1.807, 2.05) is 13.8 Å². The summed E-state index contributed by atoms with van der Waals surface area (Å²) >= 11 is 6.39. The van der Waals surface area contributed by atoms with E-state index < -0.39 is 24.0 Å². The second-order valence-corrected chi connectivity index (χ2v) is 6.12. The molecule has 142 valence electrons. The maximum absolute atomic E-state index is 12.2. The van der Waals surface area contributed by atoms with Crippen LogP contribution >= 0.6 is 11.6 Å². The summed E-state index contributed by atoms with van der Waals surface area (Å²) in [4.78, 5) is 24.1. The largest absolute Gasteiger partial charge is 0.490 e. The third kappa shape index (κ3) is 4.22. The van der Waals surface area contributed by atoms with Crippen LogP contribution in [0.5, 0.6) is 11.5 Å². The molecule has 1 aliphatic heterocycles. The van der Waals surface area contributed by atoms with E-state index in [1.54, 1.807) is 12.1 Å². The molecule has 1 fully saturated rings. The first kappa shape index (κ1) is 19.9. The van der Waals surface area contributed by atoms with Gasteiger partial charge in [-0.1, -0.05) is 25.1 Å². The van der Waals surface area contributed by atoms with Crippen molar-refractivity contribution < 1.29 is 23.8 Å². The van der Waals surface area contributed by atoms with Gasteiger partial charge in [0.15, 0.2) is 11.5 Å². The first-order valence-corrected chi connectivity index (χ1v) is 8.73. The van der Waals surface area contributed by atoms with Crippen LogP contribution in [0.3, 0.4) is 0 Å². The average Bonchev–Trinajstić information content (AvgIpc) is 2.60. The second-order valence-electron chi connectivity index (χ2n) is 5.71. The number of benzene rings is 1. The summed E-state index contributed by atoms with van der Waals surface area (Å²) in [5.41, 5.74) is 0.847. The van der Waals surface area contributed by atoms with Gasteiger partial charge in [0.1, 0.15) is 5.92 Å². The molecule has 2 rings (SSSR count). The van der Waals surface area contributed by atoms with Gasteiger partial charge in [0.25, 0.3) is 0 Å². The summed E-state index contributed by atoms with van der Waals surface area (Å²) in [6.07, 6.45) is 0.818. The summed E-state index contributed by atoms with van der Waals surface area (Å²) in [6.45, 7) is 8.50. The fraction of sp³-hybridized carbons (Fsp3) is 0.444. The number of methoxy groups -OCH3 is 1. The summed E-state index contributed by atoms with van der Waals surface area (Å²) in [6, 6.07) is 2.20. The minimum absolute atomic E-state index is 0.256. The highest BCUT2D eigenvalue weighted by Gasteiger charge is 2.39. The molecule has 0 spiro atoms. The summed E-state index contributed by atoms with van der Waals surface area (Å²) in [5, 5.41) is 5.56. The van der Waals surface area contributed by atoms with Gasteiger partial charge in [0.2, 0.25) is 0 Å². The number of urea groups is 1. The van der Waals surface area contributed by atoms with E-state index in [-0.39, 0.29) is 5.70 Å². The Kier molecular flexibility index (Phi) is 6.74. The van der Waals surface area contributed by atoms with Crippen LogP contribution in [0.1, 0.15) is 31.9 Å². The first-order valence-electron chi connectivity index (χ1n) is 8.36. The number of esters is 1. The van der Waals surface area contributed by atoms with Crippen LogP contribution in [0.15, 0.2) is 24.4 Å². The first-order chi connectivity index (χ1) is 12.4. The maximum Gasteiger partial charge on any atom is 0.319 e. The van der Waals surface area contributed by atoms with Crippen LogP contribution in [0.25, 0.3) is 0 Å². The lowest BCUT2D eigenvalue weighted by molar-refractivity contribution is -0.145. The minimum Gasteiger partial charge on any atom is -0.490 e. The van der Waals surface area contributed by atoms with Crippen molar-refractivity contribution in [3.8, 4) is 11.5 Å². The van der Waals surface area contributed by atoms with Gasteiger partial charge in [-0.15, -0.1) is 0 Å². The van der Waals surface area contributed by atoms with Crippen molar-refractivity contribution in [3.05, 3.63) is 35.0 Å². The predicted octanol–water partition coefficient (Wildman–Crippen LogP) is 3.18. The van der Waals surface area contributed by atoms with E-state index in [2.05, 4.69) is 17.2 Å². The third-order valence-electron chi connectivity index (χ3n) is 3.87. The Morgan fingerprint density at radius 1 is 1.31 bits per heavy atom. The van der Waals surface area contributed by atoms with Crippen LogP contribution in [0.4, 0.5) is 4.79 Å². The number of amides is 2. The summed E-state index contributed by atoms with van der Waals surface area (Å²) in [5.74, 6) is -0.433. The number of hydrogen-bond donors (Lipinski definition) is 2.